The van der Waals surface area contributed by atoms with E-state index in [1.807, 2.05) is 62.4 Å². The largest absolute Gasteiger partial charge is 0.491 e. The van der Waals surface area contributed by atoms with Crippen molar-refractivity contribution in [3.05, 3.63) is 71.9 Å². The number of rotatable bonds is 8. The Morgan fingerprint density at radius 1 is 1.17 bits per heavy atom. The zero-order valence-corrected chi connectivity index (χ0v) is 16.4. The maximum Gasteiger partial charge on any atom is 0.326 e. The first kappa shape index (κ1) is 20.2. The van der Waals surface area contributed by atoms with Gasteiger partial charge < -0.3 is 20.1 Å². The van der Waals surface area contributed by atoms with Crippen LogP contribution in [0.4, 0.5) is 0 Å². The highest BCUT2D eigenvalue weighted by molar-refractivity contribution is 5.94. The second-order valence-electron chi connectivity index (χ2n) is 7.04. The molecule has 3 N–H and O–H groups in total. The van der Waals surface area contributed by atoms with Gasteiger partial charge >= 0.3 is 5.97 Å². The van der Waals surface area contributed by atoms with E-state index in [-0.39, 0.29) is 12.5 Å². The van der Waals surface area contributed by atoms with Crippen LogP contribution in [0.5, 0.6) is 5.75 Å². The third kappa shape index (κ3) is 5.48. The summed E-state index contributed by atoms with van der Waals surface area (Å²) in [5, 5.41) is 13.0. The molecule has 0 saturated carbocycles. The van der Waals surface area contributed by atoms with Gasteiger partial charge in [0.05, 0.1) is 6.10 Å². The lowest BCUT2D eigenvalue weighted by molar-refractivity contribution is -0.141. The van der Waals surface area contributed by atoms with Crippen LogP contribution in [0, 0.1) is 0 Å². The third-order valence-corrected chi connectivity index (χ3v) is 4.37. The minimum absolute atomic E-state index is 0.0540. The maximum atomic E-state index is 12.3. The molecule has 0 spiro atoms. The van der Waals surface area contributed by atoms with Gasteiger partial charge in [0.2, 0.25) is 5.91 Å². The average molecular weight is 392 g/mol. The van der Waals surface area contributed by atoms with Crippen LogP contribution in [0.1, 0.15) is 25.0 Å². The van der Waals surface area contributed by atoms with E-state index in [1.54, 1.807) is 12.3 Å². The molecule has 1 atom stereocenters. The summed E-state index contributed by atoms with van der Waals surface area (Å²) in [5.41, 5.74) is 2.57. The van der Waals surface area contributed by atoms with E-state index >= 15 is 0 Å². The number of H-pyrrole nitrogens is 1. The van der Waals surface area contributed by atoms with E-state index < -0.39 is 17.9 Å². The SMILES string of the molecule is CC(C)Oc1cccc(/C=C/C(=O)NC(Cc2c[nH]c3ccccc23)C(=O)O)c1. The van der Waals surface area contributed by atoms with Gasteiger partial charge in [-0.15, -0.1) is 0 Å². The highest BCUT2D eigenvalue weighted by Gasteiger charge is 2.21. The Hall–Kier alpha value is -3.54. The molecule has 0 bridgehead atoms. The molecule has 3 rings (SSSR count). The van der Waals surface area contributed by atoms with Gasteiger partial charge in [-0.05, 0) is 49.2 Å². The number of aliphatic carboxylic acids is 1. The topological polar surface area (TPSA) is 91.4 Å². The number of fused-ring (bicyclic) bond motifs is 1. The summed E-state index contributed by atoms with van der Waals surface area (Å²) in [6.45, 7) is 3.88. The first-order valence-corrected chi connectivity index (χ1v) is 9.45. The molecule has 150 valence electrons. The molecule has 1 aromatic heterocycles. The quantitative estimate of drug-likeness (QED) is 0.509. The Balaban J connectivity index is 1.67. The number of nitrogens with one attached hydrogen (secondary N) is 2. The standard InChI is InChI=1S/C23H24N2O4/c1-15(2)29-18-7-5-6-16(12-18)10-11-22(26)25-21(23(27)28)13-17-14-24-20-9-4-3-8-19(17)20/h3-12,14-15,21,24H,13H2,1-2H3,(H,25,26)(H,27,28)/b11-10+. The Kier molecular flexibility index (Phi) is 6.34. The molecule has 29 heavy (non-hydrogen) atoms. The van der Waals surface area contributed by atoms with Crippen LogP contribution in [-0.4, -0.2) is 34.1 Å². The number of hydrogen-bond acceptors (Lipinski definition) is 3. The second-order valence-corrected chi connectivity index (χ2v) is 7.04. The van der Waals surface area contributed by atoms with Crippen LogP contribution in [0.15, 0.2) is 60.8 Å². The van der Waals surface area contributed by atoms with Gasteiger partial charge in [-0.2, -0.15) is 0 Å². The van der Waals surface area contributed by atoms with E-state index in [0.29, 0.717) is 5.75 Å². The molecule has 3 aromatic rings. The van der Waals surface area contributed by atoms with Crippen LogP contribution in [0.3, 0.4) is 0 Å². The lowest BCUT2D eigenvalue weighted by Gasteiger charge is -2.13. The van der Waals surface area contributed by atoms with Crippen molar-refractivity contribution in [2.24, 2.45) is 0 Å². The van der Waals surface area contributed by atoms with Crippen molar-refractivity contribution in [1.29, 1.82) is 0 Å². The highest BCUT2D eigenvalue weighted by Crippen LogP contribution is 2.19. The van der Waals surface area contributed by atoms with E-state index in [9.17, 15) is 14.7 Å². The van der Waals surface area contributed by atoms with Crippen LogP contribution >= 0.6 is 0 Å². The molecule has 1 amide bonds. The van der Waals surface area contributed by atoms with Crippen molar-refractivity contribution >= 4 is 28.9 Å². The van der Waals surface area contributed by atoms with Gasteiger partial charge in [0.1, 0.15) is 11.8 Å². The zero-order valence-electron chi connectivity index (χ0n) is 16.4. The first-order valence-electron chi connectivity index (χ1n) is 9.45. The van der Waals surface area contributed by atoms with Gasteiger partial charge in [0, 0.05) is 29.6 Å². The summed E-state index contributed by atoms with van der Waals surface area (Å²) < 4.78 is 5.64. The maximum absolute atomic E-state index is 12.3. The van der Waals surface area contributed by atoms with Crippen LogP contribution < -0.4 is 10.1 Å². The molecule has 0 aliphatic rings. The van der Waals surface area contributed by atoms with E-state index in [0.717, 1.165) is 22.0 Å². The third-order valence-electron chi connectivity index (χ3n) is 4.37. The number of carbonyl (C=O) groups is 2. The fraction of sp³-hybridized carbons (Fsp3) is 0.217. The summed E-state index contributed by atoms with van der Waals surface area (Å²) >= 11 is 0. The van der Waals surface area contributed by atoms with Crippen LogP contribution in [0.25, 0.3) is 17.0 Å². The molecule has 0 radical (unpaired) electrons. The molecule has 1 unspecified atom stereocenters. The zero-order chi connectivity index (χ0) is 20.8. The highest BCUT2D eigenvalue weighted by atomic mass is 16.5. The fourth-order valence-electron chi connectivity index (χ4n) is 3.08. The van der Waals surface area contributed by atoms with Gasteiger partial charge in [0.25, 0.3) is 0 Å². The molecule has 0 aliphatic carbocycles. The summed E-state index contributed by atoms with van der Waals surface area (Å²) in [6, 6.07) is 14.0. The lowest BCUT2D eigenvalue weighted by Crippen LogP contribution is -2.41. The summed E-state index contributed by atoms with van der Waals surface area (Å²) in [6.07, 6.45) is 4.99. The van der Waals surface area contributed by atoms with Crippen molar-refractivity contribution < 1.29 is 19.4 Å². The molecule has 1 heterocycles. The predicted octanol–water partition coefficient (Wildman–Crippen LogP) is 3.78. The summed E-state index contributed by atoms with van der Waals surface area (Å²) in [4.78, 5) is 27.1. The van der Waals surface area contributed by atoms with Crippen molar-refractivity contribution in [3.63, 3.8) is 0 Å². The first-order chi connectivity index (χ1) is 13.9. The van der Waals surface area contributed by atoms with Gasteiger partial charge in [0.15, 0.2) is 0 Å². The minimum atomic E-state index is -1.08. The normalized spacial score (nSPS) is 12.4. The Morgan fingerprint density at radius 2 is 1.97 bits per heavy atom. The number of aromatic nitrogens is 1. The van der Waals surface area contributed by atoms with Gasteiger partial charge in [-0.25, -0.2) is 4.79 Å². The van der Waals surface area contributed by atoms with Crippen LogP contribution in [0.2, 0.25) is 0 Å². The smallest absolute Gasteiger partial charge is 0.326 e. The molecular weight excluding hydrogens is 368 g/mol. The fourth-order valence-corrected chi connectivity index (χ4v) is 3.08. The second kappa shape index (κ2) is 9.10. The molecule has 6 nitrogen and oxygen atoms in total. The molecule has 6 heteroatoms. The number of amides is 1. The summed E-state index contributed by atoms with van der Waals surface area (Å²) in [7, 11) is 0. The Bertz CT molecular complexity index is 1040. The number of carboxylic acids is 1. The number of carbonyl (C=O) groups excluding carboxylic acids is 1. The van der Waals surface area contributed by atoms with E-state index in [1.165, 1.54) is 6.08 Å². The van der Waals surface area contributed by atoms with Crippen molar-refractivity contribution in [2.45, 2.75) is 32.4 Å². The van der Waals surface area contributed by atoms with Crippen LogP contribution in [-0.2, 0) is 16.0 Å². The van der Waals surface area contributed by atoms with Gasteiger partial charge in [-0.3, -0.25) is 4.79 Å². The number of para-hydroxylation sites is 1. The number of aromatic amines is 1. The van der Waals surface area contributed by atoms with Crippen molar-refractivity contribution in [1.82, 2.24) is 10.3 Å². The minimum Gasteiger partial charge on any atom is -0.491 e. The number of ether oxygens (including phenoxy) is 1. The molecule has 0 fully saturated rings. The number of benzene rings is 2. The lowest BCUT2D eigenvalue weighted by atomic mass is 10.0. The number of carboxylic acid groups (broad SMARTS) is 1. The molecule has 0 saturated heterocycles. The summed E-state index contributed by atoms with van der Waals surface area (Å²) in [5.74, 6) is -0.831. The Morgan fingerprint density at radius 3 is 2.72 bits per heavy atom. The van der Waals surface area contributed by atoms with E-state index in [2.05, 4.69) is 10.3 Å². The van der Waals surface area contributed by atoms with Crippen molar-refractivity contribution in [2.75, 3.05) is 0 Å². The van der Waals surface area contributed by atoms with Gasteiger partial charge in [-0.1, -0.05) is 30.3 Å². The predicted molar refractivity (Wildman–Crippen MR) is 113 cm³/mol. The molecular formula is C23H24N2O4. The molecule has 0 aliphatic heterocycles. The monoisotopic (exact) mass is 392 g/mol. The van der Waals surface area contributed by atoms with E-state index in [4.69, 9.17) is 4.74 Å². The average Bonchev–Trinajstić information content (AvgIpc) is 3.08. The number of hydrogen-bond donors (Lipinski definition) is 3. The Labute approximate surface area is 169 Å². The molecule has 2 aromatic carbocycles. The van der Waals surface area contributed by atoms with Crippen molar-refractivity contribution in [3.8, 4) is 5.75 Å².